The maximum Gasteiger partial charge on any atom is 0.514 e. The van der Waals surface area contributed by atoms with Gasteiger partial charge in [0.15, 0.2) is 6.04 Å². The van der Waals surface area contributed by atoms with Gasteiger partial charge in [-0.05, 0) is 13.8 Å². The summed E-state index contributed by atoms with van der Waals surface area (Å²) in [4.78, 5) is 22.9. The lowest BCUT2D eigenvalue weighted by Crippen LogP contribution is -2.68. The van der Waals surface area contributed by atoms with Crippen molar-refractivity contribution in [2.45, 2.75) is 44.1 Å². The first-order valence-corrected chi connectivity index (χ1v) is 10.1. The van der Waals surface area contributed by atoms with Crippen LogP contribution in [-0.4, -0.2) is 86.5 Å². The second-order valence-electron chi connectivity index (χ2n) is 8.36. The van der Waals surface area contributed by atoms with E-state index in [1.807, 2.05) is 0 Å². The van der Waals surface area contributed by atoms with Gasteiger partial charge in [-0.3, -0.25) is 5.10 Å². The second kappa shape index (κ2) is 7.59. The van der Waals surface area contributed by atoms with Crippen LogP contribution in [0.5, 0.6) is 0 Å². The Morgan fingerprint density at radius 2 is 2.22 bits per heavy atom. The molecule has 2 aliphatic heterocycles. The first kappa shape index (κ1) is 22.3. The Morgan fingerprint density at radius 1 is 1.47 bits per heavy atom. The smallest absolute Gasteiger partial charge is 0.435 e. The lowest BCUT2D eigenvalue weighted by Gasteiger charge is -2.40. The van der Waals surface area contributed by atoms with Crippen LogP contribution in [0.25, 0.3) is 0 Å². The Kier molecular flexibility index (Phi) is 5.28. The van der Waals surface area contributed by atoms with Gasteiger partial charge in [0, 0.05) is 31.4 Å². The van der Waals surface area contributed by atoms with Crippen molar-refractivity contribution in [2.75, 3.05) is 37.0 Å². The van der Waals surface area contributed by atoms with Crippen LogP contribution < -0.4 is 10.2 Å². The lowest BCUT2D eigenvalue weighted by atomic mass is 9.97. The van der Waals surface area contributed by atoms with Crippen molar-refractivity contribution < 1.29 is 32.3 Å². The largest absolute Gasteiger partial charge is 0.514 e. The molecule has 1 amide bonds. The molecular weight excluding hydrogens is 431 g/mol. The first-order chi connectivity index (χ1) is 15.0. The summed E-state index contributed by atoms with van der Waals surface area (Å²) < 4.78 is 45.8. The summed E-state index contributed by atoms with van der Waals surface area (Å²) in [6.45, 7) is 2.75. The zero-order chi connectivity index (χ0) is 23.3. The molecule has 4 atom stereocenters. The van der Waals surface area contributed by atoms with Gasteiger partial charge in [-0.2, -0.15) is 28.0 Å². The fourth-order valence-electron chi connectivity index (χ4n) is 5.01. The molecule has 2 saturated heterocycles. The van der Waals surface area contributed by atoms with E-state index in [2.05, 4.69) is 25.5 Å². The van der Waals surface area contributed by atoms with Gasteiger partial charge < -0.3 is 20.1 Å². The van der Waals surface area contributed by atoms with Crippen LogP contribution in [-0.2, 0) is 4.74 Å². The highest BCUT2D eigenvalue weighted by Crippen LogP contribution is 2.48. The number of ether oxygens (including phenoxy) is 1. The van der Waals surface area contributed by atoms with Crippen LogP contribution in [0.1, 0.15) is 19.0 Å². The molecule has 0 radical (unpaired) electrons. The zero-order valence-corrected chi connectivity index (χ0v) is 17.8. The Morgan fingerprint density at radius 3 is 2.81 bits per heavy atom. The highest BCUT2D eigenvalue weighted by Gasteiger charge is 2.72. The third-order valence-corrected chi connectivity index (χ3v) is 6.74. The number of quaternary nitrogens is 1. The van der Waals surface area contributed by atoms with Gasteiger partial charge in [0.25, 0.3) is 0 Å². The lowest BCUT2D eigenvalue weighted by molar-refractivity contribution is -0.905. The van der Waals surface area contributed by atoms with E-state index in [1.165, 1.54) is 7.11 Å². The summed E-state index contributed by atoms with van der Waals surface area (Å²) in [7, 11) is 1.42. The minimum Gasteiger partial charge on any atom is -0.435 e. The van der Waals surface area contributed by atoms with Crippen LogP contribution in [0.4, 0.5) is 35.5 Å². The van der Waals surface area contributed by atoms with Gasteiger partial charge in [0.2, 0.25) is 5.95 Å². The summed E-state index contributed by atoms with van der Waals surface area (Å²) in [6.07, 6.45) is -4.42. The molecule has 4 rings (SSSR count). The van der Waals surface area contributed by atoms with Gasteiger partial charge in [-0.25, -0.2) is 9.47 Å². The molecule has 2 aromatic heterocycles. The van der Waals surface area contributed by atoms with Crippen molar-refractivity contribution in [3.8, 4) is 0 Å². The highest BCUT2D eigenvalue weighted by atomic mass is 19.4. The van der Waals surface area contributed by atoms with Crippen LogP contribution >= 0.6 is 0 Å². The van der Waals surface area contributed by atoms with Crippen LogP contribution in [0.15, 0.2) is 18.3 Å². The molecule has 32 heavy (non-hydrogen) atoms. The molecule has 0 aliphatic carbocycles. The molecule has 13 heteroatoms. The Labute approximate surface area is 182 Å². The molecule has 0 saturated carbocycles. The molecule has 2 aromatic rings. The van der Waals surface area contributed by atoms with Crippen molar-refractivity contribution in [3.05, 3.63) is 24.0 Å². The number of amides is 1. The number of aryl methyl sites for hydroxylation is 1. The number of hydrogen-bond acceptors (Lipinski definition) is 7. The topological polar surface area (TPSA) is 116 Å². The van der Waals surface area contributed by atoms with E-state index in [4.69, 9.17) is 4.74 Å². The van der Waals surface area contributed by atoms with Crippen LogP contribution in [0, 0.1) is 6.92 Å². The minimum atomic E-state index is -4.67. The van der Waals surface area contributed by atoms with Crippen LogP contribution in [0.3, 0.4) is 0 Å². The van der Waals surface area contributed by atoms with Crippen LogP contribution in [0.2, 0.25) is 0 Å². The average molecular weight is 456 g/mol. The molecule has 0 spiro atoms. The third kappa shape index (κ3) is 3.45. The predicted molar refractivity (Wildman–Crippen MR) is 108 cm³/mol. The molecule has 0 bridgehead atoms. The number of nitrogens with zero attached hydrogens (tertiary/aromatic N) is 5. The number of aromatic amines is 1. The van der Waals surface area contributed by atoms with E-state index in [-0.39, 0.29) is 26.1 Å². The van der Waals surface area contributed by atoms with Crippen molar-refractivity contribution in [3.63, 3.8) is 0 Å². The summed E-state index contributed by atoms with van der Waals surface area (Å²) in [6, 6.07) is 0.415. The number of likely N-dealkylation sites (tertiary alicyclic amines) is 1. The number of alkyl halides is 3. The number of anilines is 3. The fourth-order valence-corrected chi connectivity index (χ4v) is 5.01. The van der Waals surface area contributed by atoms with E-state index in [1.54, 1.807) is 30.2 Å². The Balaban J connectivity index is 1.69. The number of fused-ring (bicyclic) bond motifs is 1. The highest BCUT2D eigenvalue weighted by molar-refractivity contribution is 5.59. The number of hydrogen-bond donors (Lipinski definition) is 3. The van der Waals surface area contributed by atoms with Crippen molar-refractivity contribution in [1.82, 2.24) is 20.2 Å². The summed E-state index contributed by atoms with van der Waals surface area (Å²) >= 11 is 0. The molecule has 10 nitrogen and oxygen atoms in total. The van der Waals surface area contributed by atoms with E-state index < -0.39 is 34.4 Å². The summed E-state index contributed by atoms with van der Waals surface area (Å²) in [5.74, 6) is 1.38. The number of nitrogens with one attached hydrogen (secondary N) is 2. The standard InChI is InChI=1S/C19H24F3N7O3/c1-11-8-15(25-14-4-6-23-27-14)26-16(24-11)28-9-13-18(10-28,32-3)5-7-29(13,17(30)31)12(2)19(20,21)22/h4,6,8,12-13H,5,7,9-10H2,1-3H3,(H2-,23,24,25,26,27,30,31)/p+1/t12?,13-,18-,29?/m1/s1. The molecule has 3 N–H and O–H groups in total. The van der Waals surface area contributed by atoms with Crippen molar-refractivity contribution >= 4 is 23.7 Å². The van der Waals surface area contributed by atoms with E-state index in [9.17, 15) is 23.1 Å². The van der Waals surface area contributed by atoms with Gasteiger partial charge in [-0.15, -0.1) is 0 Å². The zero-order valence-electron chi connectivity index (χ0n) is 17.8. The van der Waals surface area contributed by atoms with Crippen molar-refractivity contribution in [2.24, 2.45) is 0 Å². The van der Waals surface area contributed by atoms with E-state index in [0.717, 1.165) is 6.92 Å². The maximum atomic E-state index is 13.7. The Hall–Kier alpha value is -2.93. The normalized spacial score (nSPS) is 28.6. The molecule has 0 aromatic carbocycles. The van der Waals surface area contributed by atoms with Gasteiger partial charge in [0.05, 0.1) is 25.8 Å². The summed E-state index contributed by atoms with van der Waals surface area (Å²) in [5, 5.41) is 19.7. The Bertz CT molecular complexity index is 1000. The molecule has 4 heterocycles. The molecule has 2 unspecified atom stereocenters. The van der Waals surface area contributed by atoms with Gasteiger partial charge >= 0.3 is 12.3 Å². The minimum absolute atomic E-state index is 0.0213. The van der Waals surface area contributed by atoms with Gasteiger partial charge in [0.1, 0.15) is 23.3 Å². The first-order valence-electron chi connectivity index (χ1n) is 10.1. The predicted octanol–water partition coefficient (Wildman–Crippen LogP) is 2.67. The summed E-state index contributed by atoms with van der Waals surface area (Å²) in [5.41, 5.74) is -0.412. The monoisotopic (exact) mass is 456 g/mol. The van der Waals surface area contributed by atoms with E-state index in [0.29, 0.717) is 23.3 Å². The molecule has 2 aliphatic rings. The molecule has 2 fully saturated rings. The average Bonchev–Trinajstić information content (AvgIpc) is 3.41. The van der Waals surface area contributed by atoms with Gasteiger partial charge in [-0.1, -0.05) is 0 Å². The second-order valence-corrected chi connectivity index (χ2v) is 8.36. The van der Waals surface area contributed by atoms with E-state index >= 15 is 0 Å². The fraction of sp³-hybridized carbons (Fsp3) is 0.579. The molecule has 174 valence electrons. The third-order valence-electron chi connectivity index (χ3n) is 6.74. The number of H-pyrrole nitrogens is 1. The number of rotatable bonds is 5. The number of aromatic nitrogens is 4. The maximum absolute atomic E-state index is 13.7. The quantitative estimate of drug-likeness (QED) is 0.588. The van der Waals surface area contributed by atoms with Crippen molar-refractivity contribution in [1.29, 1.82) is 0 Å². The molecular formula is C19H25F3N7O3+. The SMILES string of the molecule is CO[C@@]12CC[N+](C(=O)O)(C(C)C(F)(F)F)[C@@H]1CN(c1nc(C)cc(Nc3ccn[nH]3)n1)C2. The number of halogens is 3. The number of carbonyl (C=O) groups is 1. The number of methoxy groups -OCH3 is 1. The number of carboxylic acid groups (broad SMARTS) is 1.